The highest BCUT2D eigenvalue weighted by molar-refractivity contribution is 5.32. The summed E-state index contributed by atoms with van der Waals surface area (Å²) >= 11 is 0. The van der Waals surface area contributed by atoms with Gasteiger partial charge in [0, 0.05) is 0 Å². The third kappa shape index (κ3) is 2.06. The summed E-state index contributed by atoms with van der Waals surface area (Å²) in [4.78, 5) is 0. The monoisotopic (exact) mass is 239 g/mol. The van der Waals surface area contributed by atoms with E-state index >= 15 is 0 Å². The van der Waals surface area contributed by atoms with Crippen LogP contribution in [0.5, 0.6) is 0 Å². The zero-order valence-corrected chi connectivity index (χ0v) is 12.2. The van der Waals surface area contributed by atoms with Crippen molar-refractivity contribution in [2.75, 3.05) is 0 Å². The van der Waals surface area contributed by atoms with Gasteiger partial charge in [0.1, 0.15) is 0 Å². The van der Waals surface area contributed by atoms with Crippen molar-refractivity contribution in [2.24, 2.45) is 0 Å². The van der Waals surface area contributed by atoms with Gasteiger partial charge in [0.15, 0.2) is 0 Å². The van der Waals surface area contributed by atoms with Gasteiger partial charge >= 0.3 is 0 Å². The van der Waals surface area contributed by atoms with Gasteiger partial charge in [-0.3, -0.25) is 0 Å². The second-order valence-electron chi connectivity index (χ2n) is 5.28. The first kappa shape index (κ1) is 14.7. The lowest BCUT2D eigenvalue weighted by Gasteiger charge is -2.43. The Kier molecular flexibility index (Phi) is 4.79. The third-order valence-electron chi connectivity index (χ3n) is 4.78. The fourth-order valence-corrected chi connectivity index (χ4v) is 3.41. The van der Waals surface area contributed by atoms with E-state index in [0.717, 1.165) is 38.5 Å². The second kappa shape index (κ2) is 5.53. The van der Waals surface area contributed by atoms with Crippen molar-refractivity contribution in [2.45, 2.75) is 84.2 Å². The van der Waals surface area contributed by atoms with Gasteiger partial charge in [0.2, 0.25) is 0 Å². The molecule has 0 aromatic heterocycles. The van der Waals surface area contributed by atoms with Crippen LogP contribution in [0.3, 0.4) is 0 Å². The van der Waals surface area contributed by atoms with Crippen molar-refractivity contribution >= 4 is 0 Å². The molecule has 2 nitrogen and oxygen atoms in total. The highest BCUT2D eigenvalue weighted by Gasteiger charge is 2.51. The summed E-state index contributed by atoms with van der Waals surface area (Å²) < 4.78 is 0. The van der Waals surface area contributed by atoms with E-state index in [-0.39, 0.29) is 11.1 Å². The molecule has 0 bridgehead atoms. The first-order valence-electron chi connectivity index (χ1n) is 7.28. The lowest BCUT2D eigenvalue weighted by Crippen LogP contribution is -2.53. The summed E-state index contributed by atoms with van der Waals surface area (Å²) in [6.45, 7) is 11.0. The summed E-state index contributed by atoms with van der Waals surface area (Å²) in [6.07, 6.45) is 8.58. The summed E-state index contributed by atoms with van der Waals surface area (Å²) in [7, 11) is 0. The molecule has 0 saturated heterocycles. The molecule has 0 unspecified atom stereocenters. The van der Waals surface area contributed by atoms with Crippen molar-refractivity contribution in [1.29, 1.82) is 0 Å². The molecule has 0 atom stereocenters. The van der Waals surface area contributed by atoms with E-state index in [2.05, 4.69) is 40.7 Å². The Morgan fingerprint density at radius 2 is 1.53 bits per heavy atom. The van der Waals surface area contributed by atoms with Crippen LogP contribution in [0.1, 0.15) is 73.1 Å². The molecule has 0 fully saturated rings. The van der Waals surface area contributed by atoms with E-state index < -0.39 is 0 Å². The topological polar surface area (TPSA) is 23.5 Å². The highest BCUT2D eigenvalue weighted by atomic mass is 16.5. The maximum atomic E-state index is 10.7. The molecule has 1 heterocycles. The van der Waals surface area contributed by atoms with E-state index in [1.54, 1.807) is 5.06 Å². The maximum Gasteiger partial charge on any atom is 0.0674 e. The summed E-state index contributed by atoms with van der Waals surface area (Å²) in [6, 6.07) is 0. The molecule has 0 aromatic carbocycles. The van der Waals surface area contributed by atoms with Crippen LogP contribution >= 0.6 is 0 Å². The van der Waals surface area contributed by atoms with Crippen molar-refractivity contribution in [3.8, 4) is 0 Å². The first-order valence-corrected chi connectivity index (χ1v) is 7.28. The minimum atomic E-state index is -0.128. The molecule has 17 heavy (non-hydrogen) atoms. The second-order valence-corrected chi connectivity index (χ2v) is 5.28. The van der Waals surface area contributed by atoms with Crippen LogP contribution in [0.25, 0.3) is 0 Å². The van der Waals surface area contributed by atoms with E-state index in [9.17, 15) is 5.21 Å². The molecule has 1 aliphatic heterocycles. The molecule has 100 valence electrons. The normalized spacial score (nSPS) is 22.8. The predicted molar refractivity (Wildman–Crippen MR) is 73.2 cm³/mol. The smallest absolute Gasteiger partial charge is 0.0674 e. The SMILES string of the molecule is CCCC1=CC(CC)(CC)N(O)C1(CC)CC. The van der Waals surface area contributed by atoms with Crippen molar-refractivity contribution in [1.82, 2.24) is 5.06 Å². The molecule has 0 aromatic rings. The van der Waals surface area contributed by atoms with Crippen molar-refractivity contribution < 1.29 is 5.21 Å². The Bertz CT molecular complexity index is 275. The predicted octanol–water partition coefficient (Wildman–Crippen LogP) is 4.54. The fraction of sp³-hybridized carbons (Fsp3) is 0.867. The van der Waals surface area contributed by atoms with E-state index in [4.69, 9.17) is 0 Å². The Balaban J connectivity index is 3.20. The molecule has 0 spiro atoms. The molecule has 1 rings (SSSR count). The van der Waals surface area contributed by atoms with Gasteiger partial charge in [-0.1, -0.05) is 47.1 Å². The van der Waals surface area contributed by atoms with Crippen molar-refractivity contribution in [3.63, 3.8) is 0 Å². The first-order chi connectivity index (χ1) is 8.06. The standard InChI is InChI=1S/C15H29NO/c1-6-11-13-12-14(7-2,8-3)16(17)15(13,9-4)10-5/h12,17H,6-11H2,1-5H3. The zero-order chi connectivity index (χ0) is 13.1. The summed E-state index contributed by atoms with van der Waals surface area (Å²) in [5.74, 6) is 0. The average molecular weight is 239 g/mol. The Morgan fingerprint density at radius 1 is 1.00 bits per heavy atom. The van der Waals surface area contributed by atoms with Gasteiger partial charge in [-0.25, -0.2) is 0 Å². The Morgan fingerprint density at radius 3 is 1.88 bits per heavy atom. The van der Waals surface area contributed by atoms with Gasteiger partial charge in [0.05, 0.1) is 11.1 Å². The van der Waals surface area contributed by atoms with E-state index in [0.29, 0.717) is 0 Å². The summed E-state index contributed by atoms with van der Waals surface area (Å²) in [5, 5.41) is 12.4. The number of hydroxylamine groups is 2. The van der Waals surface area contributed by atoms with Gasteiger partial charge in [-0.15, -0.1) is 0 Å². The molecule has 0 radical (unpaired) electrons. The van der Waals surface area contributed by atoms with Crippen LogP contribution in [0.15, 0.2) is 11.6 Å². The molecular formula is C15H29NO. The van der Waals surface area contributed by atoms with Gasteiger partial charge < -0.3 is 5.21 Å². The molecule has 0 saturated carbocycles. The molecule has 2 heteroatoms. The minimum absolute atomic E-state index is 0.109. The number of hydrogen-bond acceptors (Lipinski definition) is 2. The number of rotatable bonds is 6. The van der Waals surface area contributed by atoms with E-state index in [1.165, 1.54) is 5.57 Å². The molecule has 0 amide bonds. The van der Waals surface area contributed by atoms with Crippen LogP contribution in [0, 0.1) is 0 Å². The minimum Gasteiger partial charge on any atom is -0.312 e. The quantitative estimate of drug-likeness (QED) is 0.688. The largest absolute Gasteiger partial charge is 0.312 e. The lowest BCUT2D eigenvalue weighted by molar-refractivity contribution is -0.209. The van der Waals surface area contributed by atoms with Gasteiger partial charge in [-0.2, -0.15) is 5.06 Å². The number of hydrogen-bond donors (Lipinski definition) is 1. The summed E-state index contributed by atoms with van der Waals surface area (Å²) in [5.41, 5.74) is 1.22. The van der Waals surface area contributed by atoms with Crippen LogP contribution < -0.4 is 0 Å². The van der Waals surface area contributed by atoms with Crippen LogP contribution in [-0.2, 0) is 0 Å². The zero-order valence-electron chi connectivity index (χ0n) is 12.2. The third-order valence-corrected chi connectivity index (χ3v) is 4.78. The Labute approximate surface area is 107 Å². The van der Waals surface area contributed by atoms with Crippen LogP contribution in [0.2, 0.25) is 0 Å². The van der Waals surface area contributed by atoms with Crippen LogP contribution in [-0.4, -0.2) is 21.3 Å². The average Bonchev–Trinajstić information content (AvgIpc) is 2.60. The lowest BCUT2D eigenvalue weighted by atomic mass is 9.84. The van der Waals surface area contributed by atoms with E-state index in [1.807, 2.05) is 0 Å². The molecule has 0 aliphatic carbocycles. The Hall–Kier alpha value is -0.340. The van der Waals surface area contributed by atoms with Crippen molar-refractivity contribution in [3.05, 3.63) is 11.6 Å². The molecular weight excluding hydrogens is 210 g/mol. The molecule has 1 N–H and O–H groups in total. The van der Waals surface area contributed by atoms with Gasteiger partial charge in [0.25, 0.3) is 0 Å². The number of nitrogens with zero attached hydrogens (tertiary/aromatic N) is 1. The van der Waals surface area contributed by atoms with Gasteiger partial charge in [-0.05, 0) is 37.7 Å². The molecule has 1 aliphatic rings. The fourth-order valence-electron chi connectivity index (χ4n) is 3.41. The highest BCUT2D eigenvalue weighted by Crippen LogP contribution is 2.47. The maximum absolute atomic E-state index is 10.7. The van der Waals surface area contributed by atoms with Crippen LogP contribution in [0.4, 0.5) is 0 Å².